The van der Waals surface area contributed by atoms with Crippen LogP contribution < -0.4 is 15.0 Å². The zero-order chi connectivity index (χ0) is 17.0. The van der Waals surface area contributed by atoms with Gasteiger partial charge in [0.25, 0.3) is 5.91 Å². The number of aliphatic hydroxyl groups is 1. The molecule has 2 N–H and O–H groups in total. The minimum absolute atomic E-state index is 0.0179. The molecule has 0 saturated heterocycles. The number of rotatable bonds is 6. The van der Waals surface area contributed by atoms with Crippen molar-refractivity contribution in [2.45, 2.75) is 26.3 Å². The van der Waals surface area contributed by atoms with E-state index in [2.05, 4.69) is 5.32 Å². The summed E-state index contributed by atoms with van der Waals surface area (Å²) < 4.78 is 5.36. The van der Waals surface area contributed by atoms with Gasteiger partial charge in [-0.1, -0.05) is 0 Å². The quantitative estimate of drug-likeness (QED) is 0.588. The highest BCUT2D eigenvalue weighted by molar-refractivity contribution is 6.05. The van der Waals surface area contributed by atoms with Gasteiger partial charge in [0.05, 0.1) is 5.69 Å². The van der Waals surface area contributed by atoms with Crippen molar-refractivity contribution in [1.82, 2.24) is 5.32 Å². The van der Waals surface area contributed by atoms with Crippen LogP contribution in [-0.2, 0) is 9.59 Å². The standard InChI is InChI=1S/C16H20N2O5/c1-10(16(22)17-6-3-7-19)18-13-8-12(11(2)20)4-5-14(13)23-9-15(18)21/h4-5,8,10,19H,3,6-7,9H2,1-2H3,(H,17,22). The zero-order valence-electron chi connectivity index (χ0n) is 13.2. The molecule has 0 saturated carbocycles. The Kier molecular flexibility index (Phi) is 5.33. The summed E-state index contributed by atoms with van der Waals surface area (Å²) in [5.41, 5.74) is 0.860. The number of aliphatic hydroxyl groups excluding tert-OH is 1. The Hall–Kier alpha value is -2.41. The Labute approximate surface area is 134 Å². The normalized spacial score (nSPS) is 14.7. The van der Waals surface area contributed by atoms with Crippen molar-refractivity contribution in [2.75, 3.05) is 24.7 Å². The van der Waals surface area contributed by atoms with E-state index in [1.807, 2.05) is 0 Å². The van der Waals surface area contributed by atoms with Gasteiger partial charge in [-0.3, -0.25) is 19.3 Å². The van der Waals surface area contributed by atoms with E-state index in [0.717, 1.165) is 0 Å². The average molecular weight is 320 g/mol. The third-order valence-electron chi connectivity index (χ3n) is 3.65. The van der Waals surface area contributed by atoms with Crippen LogP contribution in [0.15, 0.2) is 18.2 Å². The van der Waals surface area contributed by atoms with Crippen molar-refractivity contribution in [1.29, 1.82) is 0 Å². The molecule has 0 aliphatic carbocycles. The van der Waals surface area contributed by atoms with Crippen molar-refractivity contribution in [3.05, 3.63) is 23.8 Å². The summed E-state index contributed by atoms with van der Waals surface area (Å²) in [5, 5.41) is 11.4. The highest BCUT2D eigenvalue weighted by Gasteiger charge is 2.33. The van der Waals surface area contributed by atoms with E-state index in [-0.39, 0.29) is 30.8 Å². The Bertz CT molecular complexity index is 629. The maximum absolute atomic E-state index is 12.2. The van der Waals surface area contributed by atoms with Crippen LogP contribution in [0.3, 0.4) is 0 Å². The summed E-state index contributed by atoms with van der Waals surface area (Å²) in [6.45, 7) is 3.21. The molecular formula is C16H20N2O5. The third kappa shape index (κ3) is 3.68. The molecule has 0 spiro atoms. The molecule has 1 aromatic rings. The van der Waals surface area contributed by atoms with Crippen LogP contribution in [0, 0.1) is 0 Å². The van der Waals surface area contributed by atoms with Gasteiger partial charge in [-0.15, -0.1) is 0 Å². The van der Waals surface area contributed by atoms with Gasteiger partial charge in [-0.25, -0.2) is 0 Å². The summed E-state index contributed by atoms with van der Waals surface area (Å²) in [5.74, 6) is -0.341. The van der Waals surface area contributed by atoms with E-state index in [1.165, 1.54) is 11.8 Å². The Morgan fingerprint density at radius 1 is 1.43 bits per heavy atom. The number of amides is 2. The zero-order valence-corrected chi connectivity index (χ0v) is 13.2. The average Bonchev–Trinajstić information content (AvgIpc) is 2.53. The molecule has 1 aliphatic rings. The van der Waals surface area contributed by atoms with Crippen LogP contribution in [0.1, 0.15) is 30.6 Å². The van der Waals surface area contributed by atoms with E-state index in [4.69, 9.17) is 9.84 Å². The van der Waals surface area contributed by atoms with Crippen LogP contribution in [0.4, 0.5) is 5.69 Å². The fraction of sp³-hybridized carbons (Fsp3) is 0.438. The Morgan fingerprint density at radius 3 is 2.83 bits per heavy atom. The summed E-state index contributed by atoms with van der Waals surface area (Å²) in [6.07, 6.45) is 0.445. The van der Waals surface area contributed by atoms with Crippen LogP contribution in [0.2, 0.25) is 0 Å². The predicted molar refractivity (Wildman–Crippen MR) is 83.6 cm³/mol. The smallest absolute Gasteiger partial charge is 0.265 e. The number of nitrogens with zero attached hydrogens (tertiary/aromatic N) is 1. The van der Waals surface area contributed by atoms with Gasteiger partial charge < -0.3 is 15.2 Å². The lowest BCUT2D eigenvalue weighted by molar-refractivity contribution is -0.127. The molecular weight excluding hydrogens is 300 g/mol. The van der Waals surface area contributed by atoms with Crippen molar-refractivity contribution in [3.8, 4) is 5.75 Å². The fourth-order valence-electron chi connectivity index (χ4n) is 2.37. The number of anilines is 1. The van der Waals surface area contributed by atoms with Crippen molar-refractivity contribution in [3.63, 3.8) is 0 Å². The summed E-state index contributed by atoms with van der Waals surface area (Å²) in [7, 11) is 0. The summed E-state index contributed by atoms with van der Waals surface area (Å²) >= 11 is 0. The second kappa shape index (κ2) is 7.23. The fourth-order valence-corrected chi connectivity index (χ4v) is 2.37. The monoisotopic (exact) mass is 320 g/mol. The molecule has 1 aliphatic heterocycles. The first-order valence-corrected chi connectivity index (χ1v) is 7.44. The lowest BCUT2D eigenvalue weighted by Crippen LogP contribution is -2.51. The Balaban J connectivity index is 2.28. The molecule has 1 aromatic carbocycles. The molecule has 1 atom stereocenters. The first kappa shape index (κ1) is 17.0. The number of hydrogen-bond acceptors (Lipinski definition) is 5. The molecule has 1 unspecified atom stereocenters. The van der Waals surface area contributed by atoms with Gasteiger partial charge in [-0.2, -0.15) is 0 Å². The number of nitrogens with one attached hydrogen (secondary N) is 1. The highest BCUT2D eigenvalue weighted by Crippen LogP contribution is 2.34. The van der Waals surface area contributed by atoms with Crippen LogP contribution in [0.25, 0.3) is 0 Å². The lowest BCUT2D eigenvalue weighted by Gasteiger charge is -2.33. The molecule has 23 heavy (non-hydrogen) atoms. The minimum Gasteiger partial charge on any atom is -0.482 e. The number of ketones is 1. The van der Waals surface area contributed by atoms with E-state index < -0.39 is 6.04 Å². The van der Waals surface area contributed by atoms with E-state index in [9.17, 15) is 14.4 Å². The van der Waals surface area contributed by atoms with Gasteiger partial charge in [0, 0.05) is 18.7 Å². The molecule has 7 heteroatoms. The third-order valence-corrected chi connectivity index (χ3v) is 3.65. The van der Waals surface area contributed by atoms with Crippen LogP contribution in [-0.4, -0.2) is 48.5 Å². The number of carbonyl (C=O) groups is 3. The first-order valence-electron chi connectivity index (χ1n) is 7.44. The number of benzene rings is 1. The maximum Gasteiger partial charge on any atom is 0.265 e. The molecule has 0 fully saturated rings. The highest BCUT2D eigenvalue weighted by atomic mass is 16.5. The van der Waals surface area contributed by atoms with Gasteiger partial charge in [-0.05, 0) is 38.5 Å². The number of fused-ring (bicyclic) bond motifs is 1. The maximum atomic E-state index is 12.2. The van der Waals surface area contributed by atoms with Crippen LogP contribution >= 0.6 is 0 Å². The van der Waals surface area contributed by atoms with Gasteiger partial charge in [0.1, 0.15) is 11.8 Å². The number of hydrogen-bond donors (Lipinski definition) is 2. The molecule has 0 radical (unpaired) electrons. The van der Waals surface area contributed by atoms with Crippen molar-refractivity contribution < 1.29 is 24.2 Å². The molecule has 1 heterocycles. The number of Topliss-reactive ketones (excluding diaryl/α,β-unsaturated/α-hetero) is 1. The van der Waals surface area contributed by atoms with Gasteiger partial charge in [0.2, 0.25) is 5.91 Å². The molecule has 0 bridgehead atoms. The lowest BCUT2D eigenvalue weighted by atomic mass is 10.1. The van der Waals surface area contributed by atoms with E-state index in [0.29, 0.717) is 30.0 Å². The Morgan fingerprint density at radius 2 is 2.17 bits per heavy atom. The number of ether oxygens (including phenoxy) is 1. The topological polar surface area (TPSA) is 95.9 Å². The van der Waals surface area contributed by atoms with Gasteiger partial charge >= 0.3 is 0 Å². The second-order valence-electron chi connectivity index (χ2n) is 5.34. The minimum atomic E-state index is -0.744. The van der Waals surface area contributed by atoms with Crippen LogP contribution in [0.5, 0.6) is 5.75 Å². The summed E-state index contributed by atoms with van der Waals surface area (Å²) in [6, 6.07) is 4.07. The van der Waals surface area contributed by atoms with E-state index >= 15 is 0 Å². The predicted octanol–water partition coefficient (Wildman–Crippen LogP) is 0.502. The second-order valence-corrected chi connectivity index (χ2v) is 5.34. The molecule has 124 valence electrons. The van der Waals surface area contributed by atoms with Crippen molar-refractivity contribution in [2.24, 2.45) is 0 Å². The SMILES string of the molecule is CC(=O)c1ccc2c(c1)N(C(C)C(=O)NCCCO)C(=O)CO2. The largest absolute Gasteiger partial charge is 0.482 e. The first-order chi connectivity index (χ1) is 11.0. The van der Waals surface area contributed by atoms with E-state index in [1.54, 1.807) is 25.1 Å². The van der Waals surface area contributed by atoms with Crippen molar-refractivity contribution >= 4 is 23.3 Å². The molecule has 2 rings (SSSR count). The van der Waals surface area contributed by atoms with Gasteiger partial charge in [0.15, 0.2) is 12.4 Å². The molecule has 0 aromatic heterocycles. The number of carbonyl (C=O) groups excluding carboxylic acids is 3. The molecule has 7 nitrogen and oxygen atoms in total. The molecule has 2 amide bonds. The summed E-state index contributed by atoms with van der Waals surface area (Å²) in [4.78, 5) is 37.3.